The predicted molar refractivity (Wildman–Crippen MR) is 99.4 cm³/mol. The minimum atomic E-state index is -0.00604. The third kappa shape index (κ3) is 6.31. The Morgan fingerprint density at radius 2 is 1.88 bits per heavy atom. The molecule has 0 atom stereocenters. The standard InChI is InChI=1S/C19H29N3O4/c1-15(2)20-18(23)14-21-7-9-22(10-8-21)19(24)16-5-4-6-17(13-16)26-12-11-25-3/h4-6,13,15H,7-12,14H2,1-3H3,(H,20,23). The molecule has 0 aliphatic carbocycles. The van der Waals surface area contributed by atoms with Gasteiger partial charge in [-0.2, -0.15) is 0 Å². The van der Waals surface area contributed by atoms with Crippen LogP contribution in [0.4, 0.5) is 0 Å². The number of rotatable bonds is 8. The summed E-state index contributed by atoms with van der Waals surface area (Å²) >= 11 is 0. The van der Waals surface area contributed by atoms with Crippen LogP contribution in [-0.2, 0) is 9.53 Å². The normalized spacial score (nSPS) is 15.2. The van der Waals surface area contributed by atoms with Gasteiger partial charge in [0.2, 0.25) is 5.91 Å². The van der Waals surface area contributed by atoms with E-state index in [0.29, 0.717) is 57.3 Å². The van der Waals surface area contributed by atoms with E-state index in [1.54, 1.807) is 19.2 Å². The summed E-state index contributed by atoms with van der Waals surface area (Å²) in [5, 5.41) is 2.89. The molecule has 144 valence electrons. The number of nitrogens with zero attached hydrogens (tertiary/aromatic N) is 2. The summed E-state index contributed by atoms with van der Waals surface area (Å²) in [5.74, 6) is 0.686. The molecule has 0 unspecified atom stereocenters. The fourth-order valence-corrected chi connectivity index (χ4v) is 2.82. The van der Waals surface area contributed by atoms with Gasteiger partial charge in [-0.05, 0) is 32.0 Å². The molecule has 1 saturated heterocycles. The number of benzene rings is 1. The number of hydrogen-bond donors (Lipinski definition) is 1. The molecule has 0 saturated carbocycles. The average molecular weight is 363 g/mol. The monoisotopic (exact) mass is 363 g/mol. The molecule has 0 spiro atoms. The first-order valence-corrected chi connectivity index (χ1v) is 9.02. The van der Waals surface area contributed by atoms with E-state index in [0.717, 1.165) is 0 Å². The number of piperazine rings is 1. The topological polar surface area (TPSA) is 71.1 Å². The summed E-state index contributed by atoms with van der Waals surface area (Å²) in [6.07, 6.45) is 0. The van der Waals surface area contributed by atoms with Gasteiger partial charge in [-0.25, -0.2) is 0 Å². The Morgan fingerprint density at radius 1 is 1.15 bits per heavy atom. The fourth-order valence-electron chi connectivity index (χ4n) is 2.82. The molecule has 1 aromatic rings. The van der Waals surface area contributed by atoms with Crippen LogP contribution in [0.25, 0.3) is 0 Å². The quantitative estimate of drug-likeness (QED) is 0.698. The highest BCUT2D eigenvalue weighted by atomic mass is 16.5. The second-order valence-electron chi connectivity index (χ2n) is 6.66. The zero-order valence-corrected chi connectivity index (χ0v) is 15.9. The summed E-state index contributed by atoms with van der Waals surface area (Å²) in [6.45, 7) is 7.84. The average Bonchev–Trinajstić information content (AvgIpc) is 2.61. The largest absolute Gasteiger partial charge is 0.491 e. The molecule has 7 heteroatoms. The Kier molecular flexibility index (Phi) is 7.87. The second-order valence-corrected chi connectivity index (χ2v) is 6.66. The van der Waals surface area contributed by atoms with Crippen LogP contribution in [0.1, 0.15) is 24.2 Å². The van der Waals surface area contributed by atoms with Crippen LogP contribution in [0.3, 0.4) is 0 Å². The van der Waals surface area contributed by atoms with Crippen molar-refractivity contribution in [1.29, 1.82) is 0 Å². The van der Waals surface area contributed by atoms with Crippen LogP contribution in [0.5, 0.6) is 5.75 Å². The molecule has 1 fully saturated rings. The third-order valence-corrected chi connectivity index (χ3v) is 4.11. The maximum atomic E-state index is 12.7. The zero-order chi connectivity index (χ0) is 18.9. The van der Waals surface area contributed by atoms with Crippen LogP contribution in [-0.4, -0.2) is 80.7 Å². The number of hydrogen-bond acceptors (Lipinski definition) is 5. The van der Waals surface area contributed by atoms with Crippen LogP contribution in [0, 0.1) is 0 Å². The first-order chi connectivity index (χ1) is 12.5. The van der Waals surface area contributed by atoms with Crippen LogP contribution in [0.15, 0.2) is 24.3 Å². The molecule has 0 radical (unpaired) electrons. The van der Waals surface area contributed by atoms with Crippen molar-refractivity contribution in [2.75, 3.05) is 53.0 Å². The molecular formula is C19H29N3O4. The van der Waals surface area contributed by atoms with Crippen LogP contribution >= 0.6 is 0 Å². The fraction of sp³-hybridized carbons (Fsp3) is 0.579. The number of ether oxygens (including phenoxy) is 2. The second kappa shape index (κ2) is 10.1. The Morgan fingerprint density at radius 3 is 2.54 bits per heavy atom. The van der Waals surface area contributed by atoms with E-state index in [1.165, 1.54) is 0 Å². The lowest BCUT2D eigenvalue weighted by Crippen LogP contribution is -2.51. The lowest BCUT2D eigenvalue weighted by Gasteiger charge is -2.34. The van der Waals surface area contributed by atoms with Crippen molar-refractivity contribution in [1.82, 2.24) is 15.1 Å². The van der Waals surface area contributed by atoms with E-state index in [9.17, 15) is 9.59 Å². The van der Waals surface area contributed by atoms with Gasteiger partial charge in [0.05, 0.1) is 13.2 Å². The molecule has 1 heterocycles. The van der Waals surface area contributed by atoms with Gasteiger partial charge in [-0.1, -0.05) is 6.07 Å². The van der Waals surface area contributed by atoms with E-state index in [4.69, 9.17) is 9.47 Å². The molecule has 1 aromatic carbocycles. The molecular weight excluding hydrogens is 334 g/mol. The van der Waals surface area contributed by atoms with E-state index in [1.807, 2.05) is 30.9 Å². The van der Waals surface area contributed by atoms with Gasteiger partial charge in [0.25, 0.3) is 5.91 Å². The highest BCUT2D eigenvalue weighted by Crippen LogP contribution is 2.16. The van der Waals surface area contributed by atoms with Crippen LogP contribution < -0.4 is 10.1 Å². The summed E-state index contributed by atoms with van der Waals surface area (Å²) in [7, 11) is 1.62. The van der Waals surface area contributed by atoms with E-state index in [-0.39, 0.29) is 17.9 Å². The Labute approximate surface area is 155 Å². The molecule has 0 bridgehead atoms. The third-order valence-electron chi connectivity index (χ3n) is 4.11. The Hall–Kier alpha value is -2.12. The number of methoxy groups -OCH3 is 1. The molecule has 1 aliphatic heterocycles. The van der Waals surface area contributed by atoms with Gasteiger partial charge in [-0.15, -0.1) is 0 Å². The maximum Gasteiger partial charge on any atom is 0.254 e. The number of carbonyl (C=O) groups excluding carboxylic acids is 2. The minimum Gasteiger partial charge on any atom is -0.491 e. The van der Waals surface area contributed by atoms with Gasteiger partial charge < -0.3 is 19.7 Å². The van der Waals surface area contributed by atoms with Crippen molar-refractivity contribution < 1.29 is 19.1 Å². The van der Waals surface area contributed by atoms with Crippen molar-refractivity contribution >= 4 is 11.8 Å². The van der Waals surface area contributed by atoms with Gasteiger partial charge in [0, 0.05) is 44.9 Å². The van der Waals surface area contributed by atoms with E-state index < -0.39 is 0 Å². The van der Waals surface area contributed by atoms with Crippen molar-refractivity contribution in [3.05, 3.63) is 29.8 Å². The first-order valence-electron chi connectivity index (χ1n) is 9.02. The van der Waals surface area contributed by atoms with E-state index in [2.05, 4.69) is 10.2 Å². The van der Waals surface area contributed by atoms with Gasteiger partial charge in [0.15, 0.2) is 0 Å². The van der Waals surface area contributed by atoms with Gasteiger partial charge in [-0.3, -0.25) is 14.5 Å². The van der Waals surface area contributed by atoms with Crippen molar-refractivity contribution in [2.45, 2.75) is 19.9 Å². The SMILES string of the molecule is COCCOc1cccc(C(=O)N2CCN(CC(=O)NC(C)C)CC2)c1. The summed E-state index contributed by atoms with van der Waals surface area (Å²) in [4.78, 5) is 28.5. The summed E-state index contributed by atoms with van der Waals surface area (Å²) < 4.78 is 10.5. The number of amides is 2. The maximum absolute atomic E-state index is 12.7. The Bertz CT molecular complexity index is 598. The lowest BCUT2D eigenvalue weighted by molar-refractivity contribution is -0.123. The van der Waals surface area contributed by atoms with E-state index >= 15 is 0 Å². The number of nitrogens with one attached hydrogen (secondary N) is 1. The molecule has 26 heavy (non-hydrogen) atoms. The molecule has 2 amide bonds. The first kappa shape index (κ1) is 20.2. The van der Waals surface area contributed by atoms with Crippen molar-refractivity contribution in [2.24, 2.45) is 0 Å². The molecule has 1 N–H and O–H groups in total. The minimum absolute atomic E-state index is 0.00604. The Balaban J connectivity index is 1.84. The van der Waals surface area contributed by atoms with Crippen molar-refractivity contribution in [3.63, 3.8) is 0 Å². The lowest BCUT2D eigenvalue weighted by atomic mass is 10.1. The van der Waals surface area contributed by atoms with Crippen LogP contribution in [0.2, 0.25) is 0 Å². The molecule has 2 rings (SSSR count). The van der Waals surface area contributed by atoms with Crippen molar-refractivity contribution in [3.8, 4) is 5.75 Å². The summed E-state index contributed by atoms with van der Waals surface area (Å²) in [5.41, 5.74) is 0.617. The summed E-state index contributed by atoms with van der Waals surface area (Å²) in [6, 6.07) is 7.36. The zero-order valence-electron chi connectivity index (χ0n) is 15.9. The molecule has 1 aliphatic rings. The molecule has 7 nitrogen and oxygen atoms in total. The molecule has 0 aromatic heterocycles. The highest BCUT2D eigenvalue weighted by Gasteiger charge is 2.23. The van der Waals surface area contributed by atoms with Gasteiger partial charge in [0.1, 0.15) is 12.4 Å². The highest BCUT2D eigenvalue weighted by molar-refractivity contribution is 5.94. The predicted octanol–water partition coefficient (Wildman–Crippen LogP) is 0.994. The number of carbonyl (C=O) groups is 2. The smallest absolute Gasteiger partial charge is 0.254 e. The van der Waals surface area contributed by atoms with Gasteiger partial charge >= 0.3 is 0 Å².